The van der Waals surface area contributed by atoms with Gasteiger partial charge in [-0.3, -0.25) is 15.1 Å². The van der Waals surface area contributed by atoms with Crippen molar-refractivity contribution in [2.24, 2.45) is 4.99 Å². The SMILES string of the molecule is CC(=NCCOC(=O)Nc1ccccc1)C1=C(O)c2ccccc2C1=O. The van der Waals surface area contributed by atoms with Gasteiger partial charge in [-0.2, -0.15) is 0 Å². The van der Waals surface area contributed by atoms with Crippen LogP contribution in [0.1, 0.15) is 22.8 Å². The van der Waals surface area contributed by atoms with Crippen molar-refractivity contribution < 1.29 is 19.4 Å². The topological polar surface area (TPSA) is 88.0 Å². The summed E-state index contributed by atoms with van der Waals surface area (Å²) in [6.07, 6.45) is -0.574. The Kier molecular flexibility index (Phi) is 5.12. The summed E-state index contributed by atoms with van der Waals surface area (Å²) in [6, 6.07) is 15.8. The lowest BCUT2D eigenvalue weighted by atomic mass is 10.1. The molecule has 0 spiro atoms. The van der Waals surface area contributed by atoms with E-state index in [9.17, 15) is 14.7 Å². The van der Waals surface area contributed by atoms with Crippen LogP contribution in [0.15, 0.2) is 65.2 Å². The van der Waals surface area contributed by atoms with Gasteiger partial charge in [-0.15, -0.1) is 0 Å². The molecule has 3 rings (SSSR count). The Hall–Kier alpha value is -3.41. The molecule has 2 aromatic carbocycles. The predicted molar refractivity (Wildman–Crippen MR) is 99.7 cm³/mol. The molecule has 0 bridgehead atoms. The minimum Gasteiger partial charge on any atom is -0.506 e. The van der Waals surface area contributed by atoms with Gasteiger partial charge in [0.25, 0.3) is 0 Å². The molecule has 0 aliphatic heterocycles. The summed E-state index contributed by atoms with van der Waals surface area (Å²) in [7, 11) is 0. The van der Waals surface area contributed by atoms with Gasteiger partial charge in [0.15, 0.2) is 5.78 Å². The van der Waals surface area contributed by atoms with E-state index in [1.165, 1.54) is 0 Å². The monoisotopic (exact) mass is 350 g/mol. The fraction of sp³-hybridized carbons (Fsp3) is 0.150. The van der Waals surface area contributed by atoms with Crippen molar-refractivity contribution in [3.05, 3.63) is 71.3 Å². The van der Waals surface area contributed by atoms with Gasteiger partial charge in [0.2, 0.25) is 0 Å². The van der Waals surface area contributed by atoms with Crippen LogP contribution < -0.4 is 5.32 Å². The first-order valence-corrected chi connectivity index (χ1v) is 8.15. The van der Waals surface area contributed by atoms with E-state index in [1.54, 1.807) is 55.5 Å². The van der Waals surface area contributed by atoms with Gasteiger partial charge >= 0.3 is 6.09 Å². The number of fused-ring (bicyclic) bond motifs is 1. The molecule has 26 heavy (non-hydrogen) atoms. The fourth-order valence-electron chi connectivity index (χ4n) is 2.71. The van der Waals surface area contributed by atoms with Crippen molar-refractivity contribution in [1.29, 1.82) is 0 Å². The highest BCUT2D eigenvalue weighted by Gasteiger charge is 2.30. The summed E-state index contributed by atoms with van der Waals surface area (Å²) in [5.41, 5.74) is 2.23. The minimum atomic E-state index is -0.574. The minimum absolute atomic E-state index is 0.0606. The van der Waals surface area contributed by atoms with Crippen molar-refractivity contribution in [2.75, 3.05) is 18.5 Å². The highest BCUT2D eigenvalue weighted by atomic mass is 16.5. The maximum absolute atomic E-state index is 12.4. The lowest BCUT2D eigenvalue weighted by Gasteiger charge is -2.06. The Morgan fingerprint density at radius 3 is 2.42 bits per heavy atom. The number of amides is 1. The van der Waals surface area contributed by atoms with E-state index in [1.807, 2.05) is 6.07 Å². The van der Waals surface area contributed by atoms with Gasteiger partial charge < -0.3 is 9.84 Å². The number of nitrogens with one attached hydrogen (secondary N) is 1. The standard InChI is InChI=1S/C20H18N2O4/c1-13(17-18(23)15-9-5-6-10-16(15)19(17)24)21-11-12-26-20(25)22-14-7-3-2-4-8-14/h2-10,23H,11-12H2,1H3,(H,22,25). The van der Waals surface area contributed by atoms with E-state index < -0.39 is 6.09 Å². The number of carbonyl (C=O) groups excluding carboxylic acids is 2. The molecule has 0 saturated carbocycles. The molecule has 0 aromatic heterocycles. The van der Waals surface area contributed by atoms with Crippen LogP contribution in [-0.4, -0.2) is 35.8 Å². The molecule has 6 heteroatoms. The Bertz CT molecular complexity index is 901. The summed E-state index contributed by atoms with van der Waals surface area (Å²) in [6.45, 7) is 1.90. The van der Waals surface area contributed by atoms with E-state index in [-0.39, 0.29) is 30.3 Å². The summed E-state index contributed by atoms with van der Waals surface area (Å²) in [5.74, 6) is -0.309. The quantitative estimate of drug-likeness (QED) is 0.633. The number of aliphatic imine (C=N–C) groups is 1. The van der Waals surface area contributed by atoms with Gasteiger partial charge in [0.05, 0.1) is 12.1 Å². The molecule has 1 aliphatic carbocycles. The molecule has 6 nitrogen and oxygen atoms in total. The molecule has 2 aromatic rings. The van der Waals surface area contributed by atoms with Crippen molar-refractivity contribution >= 4 is 29.0 Å². The number of nitrogens with zero attached hydrogens (tertiary/aromatic N) is 1. The van der Waals surface area contributed by atoms with Gasteiger partial charge in [-0.05, 0) is 19.1 Å². The first kappa shape index (κ1) is 17.4. The number of ketones is 1. The number of para-hydroxylation sites is 1. The Labute approximate surface area is 150 Å². The maximum Gasteiger partial charge on any atom is 0.411 e. The molecular weight excluding hydrogens is 332 g/mol. The third-order valence-electron chi connectivity index (χ3n) is 3.95. The molecule has 0 atom stereocenters. The smallest absolute Gasteiger partial charge is 0.411 e. The third kappa shape index (κ3) is 3.64. The van der Waals surface area contributed by atoms with Crippen molar-refractivity contribution in [3.8, 4) is 0 Å². The average Bonchev–Trinajstić information content (AvgIpc) is 2.91. The first-order valence-electron chi connectivity index (χ1n) is 8.15. The van der Waals surface area contributed by atoms with Gasteiger partial charge in [-0.1, -0.05) is 42.5 Å². The summed E-state index contributed by atoms with van der Waals surface area (Å²) < 4.78 is 5.05. The third-order valence-corrected chi connectivity index (χ3v) is 3.95. The number of Topliss-reactive ketones (excluding diaryl/α,β-unsaturated/α-hetero) is 1. The van der Waals surface area contributed by atoms with Crippen molar-refractivity contribution in [3.63, 3.8) is 0 Å². The van der Waals surface area contributed by atoms with E-state index in [2.05, 4.69) is 10.3 Å². The molecule has 0 fully saturated rings. The molecule has 2 N–H and O–H groups in total. The number of rotatable bonds is 5. The number of ether oxygens (including phenoxy) is 1. The fourth-order valence-corrected chi connectivity index (χ4v) is 2.71. The second kappa shape index (κ2) is 7.65. The number of aliphatic hydroxyl groups is 1. The Morgan fingerprint density at radius 2 is 1.73 bits per heavy atom. The number of anilines is 1. The Morgan fingerprint density at radius 1 is 1.08 bits per heavy atom. The number of hydrogen-bond donors (Lipinski definition) is 2. The zero-order chi connectivity index (χ0) is 18.5. The van der Waals surface area contributed by atoms with Crippen LogP contribution in [0.4, 0.5) is 10.5 Å². The largest absolute Gasteiger partial charge is 0.506 e. The predicted octanol–water partition coefficient (Wildman–Crippen LogP) is 3.86. The summed E-state index contributed by atoms with van der Waals surface area (Å²) in [4.78, 5) is 28.3. The van der Waals surface area contributed by atoms with Crippen molar-refractivity contribution in [2.45, 2.75) is 6.92 Å². The molecule has 0 radical (unpaired) electrons. The van der Waals surface area contributed by atoms with Crippen LogP contribution >= 0.6 is 0 Å². The van der Waals surface area contributed by atoms with E-state index >= 15 is 0 Å². The number of carbonyl (C=O) groups is 2. The number of hydrogen-bond acceptors (Lipinski definition) is 5. The lowest BCUT2D eigenvalue weighted by molar-refractivity contribution is 0.104. The first-order chi connectivity index (χ1) is 12.6. The average molecular weight is 350 g/mol. The molecular formula is C20H18N2O4. The van der Waals surface area contributed by atoms with Crippen LogP contribution in [0.5, 0.6) is 0 Å². The zero-order valence-corrected chi connectivity index (χ0v) is 14.2. The number of allylic oxidation sites excluding steroid dienone is 1. The van der Waals surface area contributed by atoms with E-state index in [0.717, 1.165) is 0 Å². The maximum atomic E-state index is 12.4. The Balaban J connectivity index is 1.56. The van der Waals surface area contributed by atoms with E-state index in [0.29, 0.717) is 22.5 Å². The second-order valence-electron chi connectivity index (χ2n) is 5.69. The van der Waals surface area contributed by atoms with E-state index in [4.69, 9.17) is 4.74 Å². The molecule has 0 heterocycles. The summed E-state index contributed by atoms with van der Waals surface area (Å²) in [5, 5.41) is 12.9. The van der Waals surface area contributed by atoms with Crippen LogP contribution in [-0.2, 0) is 4.74 Å². The van der Waals surface area contributed by atoms with Gasteiger partial charge in [-0.25, -0.2) is 4.79 Å². The van der Waals surface area contributed by atoms with Crippen LogP contribution in [0.3, 0.4) is 0 Å². The molecule has 0 saturated heterocycles. The molecule has 1 amide bonds. The van der Waals surface area contributed by atoms with Crippen LogP contribution in [0.25, 0.3) is 5.76 Å². The van der Waals surface area contributed by atoms with Gasteiger partial charge in [0, 0.05) is 22.5 Å². The highest BCUT2D eigenvalue weighted by Crippen LogP contribution is 2.31. The van der Waals surface area contributed by atoms with Crippen molar-refractivity contribution in [1.82, 2.24) is 0 Å². The number of benzene rings is 2. The lowest BCUT2D eigenvalue weighted by Crippen LogP contribution is -2.16. The normalized spacial score (nSPS) is 13.6. The van der Waals surface area contributed by atoms with Gasteiger partial charge in [0.1, 0.15) is 12.4 Å². The second-order valence-corrected chi connectivity index (χ2v) is 5.69. The van der Waals surface area contributed by atoms with Crippen LogP contribution in [0, 0.1) is 0 Å². The molecule has 132 valence electrons. The number of aliphatic hydroxyl groups excluding tert-OH is 1. The molecule has 1 aliphatic rings. The molecule has 0 unspecified atom stereocenters. The zero-order valence-electron chi connectivity index (χ0n) is 14.2. The highest BCUT2D eigenvalue weighted by molar-refractivity contribution is 6.35. The van der Waals surface area contributed by atoms with Crippen LogP contribution in [0.2, 0.25) is 0 Å². The summed E-state index contributed by atoms with van der Waals surface area (Å²) >= 11 is 0.